The number of methoxy groups -OCH3 is 1. The Hall–Kier alpha value is -1.55. The van der Waals surface area contributed by atoms with Crippen molar-refractivity contribution >= 4 is 17.3 Å². The predicted octanol–water partition coefficient (Wildman–Crippen LogP) is 1.54. The number of hydrogen-bond donors (Lipinski definition) is 1. The molecule has 4 heteroatoms. The summed E-state index contributed by atoms with van der Waals surface area (Å²) in [5, 5.41) is 2.98. The van der Waals surface area contributed by atoms with E-state index in [1.54, 1.807) is 7.11 Å². The predicted molar refractivity (Wildman–Crippen MR) is 66.4 cm³/mol. The number of anilines is 2. The van der Waals surface area contributed by atoms with Crippen molar-refractivity contribution in [3.05, 3.63) is 23.8 Å². The first-order valence-electron chi connectivity index (χ1n) is 5.90. The van der Waals surface area contributed by atoms with E-state index in [0.717, 1.165) is 29.9 Å². The van der Waals surface area contributed by atoms with Gasteiger partial charge in [0.2, 0.25) is 5.91 Å². The fourth-order valence-corrected chi connectivity index (χ4v) is 2.70. The number of nitrogens with one attached hydrogen (secondary N) is 1. The number of carbonyl (C=O) groups excluding carboxylic acids is 1. The van der Waals surface area contributed by atoms with Gasteiger partial charge in [0, 0.05) is 20.1 Å². The van der Waals surface area contributed by atoms with Crippen molar-refractivity contribution in [1.82, 2.24) is 0 Å². The molecule has 2 unspecified atom stereocenters. The van der Waals surface area contributed by atoms with E-state index in [2.05, 4.69) is 22.3 Å². The van der Waals surface area contributed by atoms with Gasteiger partial charge in [-0.2, -0.15) is 0 Å². The fourth-order valence-electron chi connectivity index (χ4n) is 2.70. The van der Waals surface area contributed by atoms with Crippen molar-refractivity contribution in [3.63, 3.8) is 0 Å². The maximum absolute atomic E-state index is 12.0. The van der Waals surface area contributed by atoms with Crippen LogP contribution in [0.15, 0.2) is 18.2 Å². The van der Waals surface area contributed by atoms with E-state index in [1.165, 1.54) is 0 Å². The molecule has 1 fully saturated rings. The molecule has 90 valence electrons. The first-order valence-corrected chi connectivity index (χ1v) is 5.90. The minimum atomic E-state index is -0.0739. The molecule has 0 radical (unpaired) electrons. The van der Waals surface area contributed by atoms with Crippen molar-refractivity contribution in [2.75, 3.05) is 23.9 Å². The van der Waals surface area contributed by atoms with Gasteiger partial charge in [0.15, 0.2) is 0 Å². The number of aryl methyl sites for hydroxylation is 1. The van der Waals surface area contributed by atoms with E-state index in [9.17, 15) is 4.79 Å². The Bertz CT molecular complexity index is 472. The maximum Gasteiger partial charge on any atom is 0.247 e. The summed E-state index contributed by atoms with van der Waals surface area (Å²) in [5.41, 5.74) is 3.19. The zero-order valence-electron chi connectivity index (χ0n) is 10.1. The smallest absolute Gasteiger partial charge is 0.247 e. The molecule has 2 aliphatic rings. The average Bonchev–Trinajstić information content (AvgIpc) is 2.73. The van der Waals surface area contributed by atoms with Crippen LogP contribution >= 0.6 is 0 Å². The highest BCUT2D eigenvalue weighted by molar-refractivity contribution is 6.04. The van der Waals surface area contributed by atoms with Crippen molar-refractivity contribution < 1.29 is 9.53 Å². The van der Waals surface area contributed by atoms with E-state index in [1.807, 2.05) is 13.0 Å². The van der Waals surface area contributed by atoms with Gasteiger partial charge in [0.05, 0.1) is 17.5 Å². The summed E-state index contributed by atoms with van der Waals surface area (Å²) >= 11 is 0. The molecule has 1 amide bonds. The monoisotopic (exact) mass is 232 g/mol. The number of nitrogens with zero attached hydrogens (tertiary/aromatic N) is 1. The highest BCUT2D eigenvalue weighted by Gasteiger charge is 2.40. The van der Waals surface area contributed by atoms with Gasteiger partial charge in [-0.3, -0.25) is 4.79 Å². The van der Waals surface area contributed by atoms with E-state index in [0.29, 0.717) is 0 Å². The number of fused-ring (bicyclic) bond motifs is 3. The largest absolute Gasteiger partial charge is 0.380 e. The van der Waals surface area contributed by atoms with Gasteiger partial charge in [0.1, 0.15) is 6.04 Å². The minimum absolute atomic E-state index is 0.0739. The van der Waals surface area contributed by atoms with Crippen molar-refractivity contribution in [2.45, 2.75) is 25.5 Å². The van der Waals surface area contributed by atoms with Crippen LogP contribution in [0, 0.1) is 6.92 Å². The van der Waals surface area contributed by atoms with Crippen LogP contribution in [0.25, 0.3) is 0 Å². The summed E-state index contributed by atoms with van der Waals surface area (Å²) in [6.45, 7) is 2.82. The number of hydrogen-bond acceptors (Lipinski definition) is 3. The van der Waals surface area contributed by atoms with Crippen molar-refractivity contribution in [2.24, 2.45) is 0 Å². The zero-order chi connectivity index (χ0) is 12.0. The third kappa shape index (κ3) is 1.60. The highest BCUT2D eigenvalue weighted by atomic mass is 16.5. The molecular formula is C13H16N2O2. The molecule has 17 heavy (non-hydrogen) atoms. The molecule has 1 aromatic rings. The van der Waals surface area contributed by atoms with Gasteiger partial charge >= 0.3 is 0 Å². The molecule has 1 N–H and O–H groups in total. The second kappa shape index (κ2) is 3.74. The third-order valence-electron chi connectivity index (χ3n) is 3.62. The van der Waals surface area contributed by atoms with Crippen LogP contribution in [0.1, 0.15) is 12.0 Å². The molecule has 2 heterocycles. The lowest BCUT2D eigenvalue weighted by molar-refractivity contribution is -0.117. The Kier molecular flexibility index (Phi) is 2.33. The van der Waals surface area contributed by atoms with Crippen LogP contribution in [-0.2, 0) is 9.53 Å². The van der Waals surface area contributed by atoms with Crippen LogP contribution in [0.4, 0.5) is 11.4 Å². The van der Waals surface area contributed by atoms with Gasteiger partial charge in [-0.15, -0.1) is 0 Å². The summed E-state index contributed by atoms with van der Waals surface area (Å²) < 4.78 is 5.37. The summed E-state index contributed by atoms with van der Waals surface area (Å²) in [7, 11) is 1.71. The number of amides is 1. The maximum atomic E-state index is 12.0. The molecule has 1 saturated heterocycles. The molecule has 4 nitrogen and oxygen atoms in total. The Morgan fingerprint density at radius 1 is 1.47 bits per heavy atom. The first-order chi connectivity index (χ1) is 8.19. The molecule has 0 saturated carbocycles. The van der Waals surface area contributed by atoms with Crippen LogP contribution in [-0.4, -0.2) is 31.7 Å². The Morgan fingerprint density at radius 3 is 3.06 bits per heavy atom. The summed E-state index contributed by atoms with van der Waals surface area (Å²) in [5.74, 6) is 0.0858. The molecule has 1 aromatic carbocycles. The molecule has 0 aromatic heterocycles. The van der Waals surface area contributed by atoms with Crippen LogP contribution < -0.4 is 10.2 Å². The van der Waals surface area contributed by atoms with Gasteiger partial charge in [0.25, 0.3) is 0 Å². The Morgan fingerprint density at radius 2 is 2.29 bits per heavy atom. The lowest BCUT2D eigenvalue weighted by Gasteiger charge is -2.32. The Labute approximate surface area is 101 Å². The van der Waals surface area contributed by atoms with Crippen LogP contribution in [0.3, 0.4) is 0 Å². The van der Waals surface area contributed by atoms with Crippen molar-refractivity contribution in [3.8, 4) is 0 Å². The number of benzene rings is 1. The number of rotatable bonds is 1. The molecule has 0 aliphatic carbocycles. The van der Waals surface area contributed by atoms with Gasteiger partial charge in [-0.25, -0.2) is 0 Å². The second-order valence-corrected chi connectivity index (χ2v) is 4.77. The highest BCUT2D eigenvalue weighted by Crippen LogP contribution is 2.37. The molecule has 0 spiro atoms. The topological polar surface area (TPSA) is 41.6 Å². The van der Waals surface area contributed by atoms with Gasteiger partial charge < -0.3 is 15.0 Å². The summed E-state index contributed by atoms with van der Waals surface area (Å²) in [6, 6.07) is 6.10. The van der Waals surface area contributed by atoms with Gasteiger partial charge in [-0.1, -0.05) is 6.07 Å². The fraction of sp³-hybridized carbons (Fsp3) is 0.462. The third-order valence-corrected chi connectivity index (χ3v) is 3.62. The summed E-state index contributed by atoms with van der Waals surface area (Å²) in [4.78, 5) is 14.2. The SMILES string of the molecule is COC1CC2C(=O)Nc3cc(C)ccc3N2C1. The van der Waals surface area contributed by atoms with Gasteiger partial charge in [-0.05, 0) is 24.6 Å². The van der Waals surface area contributed by atoms with E-state index in [-0.39, 0.29) is 18.1 Å². The standard InChI is InChI=1S/C13H16N2O2/c1-8-3-4-11-10(5-8)14-13(16)12-6-9(17-2)7-15(11)12/h3-5,9,12H,6-7H2,1-2H3,(H,14,16). The van der Waals surface area contributed by atoms with Crippen molar-refractivity contribution in [1.29, 1.82) is 0 Å². The first kappa shape index (κ1) is 10.6. The lowest BCUT2D eigenvalue weighted by Crippen LogP contribution is -2.43. The van der Waals surface area contributed by atoms with Crippen LogP contribution in [0.2, 0.25) is 0 Å². The van der Waals surface area contributed by atoms with E-state index >= 15 is 0 Å². The molecule has 3 rings (SSSR count). The zero-order valence-corrected chi connectivity index (χ0v) is 10.1. The number of carbonyl (C=O) groups is 1. The quantitative estimate of drug-likeness (QED) is 0.798. The van der Waals surface area contributed by atoms with E-state index < -0.39 is 0 Å². The van der Waals surface area contributed by atoms with E-state index in [4.69, 9.17) is 4.74 Å². The number of ether oxygens (including phenoxy) is 1. The lowest BCUT2D eigenvalue weighted by atomic mass is 10.1. The van der Waals surface area contributed by atoms with Crippen LogP contribution in [0.5, 0.6) is 0 Å². The molecule has 0 bridgehead atoms. The minimum Gasteiger partial charge on any atom is -0.380 e. The summed E-state index contributed by atoms with van der Waals surface area (Å²) in [6.07, 6.45) is 0.924. The molecule has 2 atom stereocenters. The normalized spacial score (nSPS) is 26.5. The molecular weight excluding hydrogens is 216 g/mol. The Balaban J connectivity index is 2.01. The molecule has 2 aliphatic heterocycles. The second-order valence-electron chi connectivity index (χ2n) is 4.77. The average molecular weight is 232 g/mol.